The smallest absolute Gasteiger partial charge is 0.331 e. The highest BCUT2D eigenvalue weighted by Crippen LogP contribution is 2.06. The van der Waals surface area contributed by atoms with E-state index >= 15 is 0 Å². The molecule has 0 aliphatic carbocycles. The van der Waals surface area contributed by atoms with Crippen molar-refractivity contribution in [3.8, 4) is 0 Å². The van der Waals surface area contributed by atoms with Gasteiger partial charge in [0.1, 0.15) is 12.4 Å². The summed E-state index contributed by atoms with van der Waals surface area (Å²) in [6.07, 6.45) is 0. The molecule has 0 bridgehead atoms. The van der Waals surface area contributed by atoms with Crippen molar-refractivity contribution in [1.82, 2.24) is 10.2 Å². The Bertz CT molecular complexity index is 645. The fourth-order valence-electron chi connectivity index (χ4n) is 1.64. The predicted octanol–water partition coefficient (Wildman–Crippen LogP) is 0.204. The normalized spacial score (nSPS) is 10.5. The first-order valence-corrected chi connectivity index (χ1v) is 5.56. The molecule has 7 heteroatoms. The Morgan fingerprint density at radius 1 is 1.42 bits per heavy atom. The monoisotopic (exact) mass is 266 g/mol. The van der Waals surface area contributed by atoms with Crippen LogP contribution in [0.5, 0.6) is 0 Å². The lowest BCUT2D eigenvalue weighted by atomic mass is 10.2. The molecule has 0 fully saturated rings. The zero-order chi connectivity index (χ0) is 14.0. The lowest BCUT2D eigenvalue weighted by Gasteiger charge is -2.13. The van der Waals surface area contributed by atoms with Gasteiger partial charge in [-0.1, -0.05) is 4.68 Å². The highest BCUT2D eigenvalue weighted by atomic mass is 19.1. The zero-order valence-corrected chi connectivity index (χ0v) is 10.5. The molecular formula is C12H13FN3O3+. The molecule has 100 valence electrons. The topological polar surface area (TPSA) is 70.2 Å². The van der Waals surface area contributed by atoms with Crippen LogP contribution in [-0.2, 0) is 13.6 Å². The molecule has 0 atom stereocenters. The van der Waals surface area contributed by atoms with Crippen molar-refractivity contribution >= 4 is 5.91 Å². The molecule has 1 aromatic carbocycles. The average Bonchev–Trinajstić information content (AvgIpc) is 2.70. The van der Waals surface area contributed by atoms with E-state index in [9.17, 15) is 14.0 Å². The largest absolute Gasteiger partial charge is 0.431 e. The third-order valence-electron chi connectivity index (χ3n) is 2.74. The molecule has 0 radical (unpaired) electrons. The summed E-state index contributed by atoms with van der Waals surface area (Å²) in [5, 5.41) is 2.37. The Morgan fingerprint density at radius 3 is 2.58 bits per heavy atom. The Kier molecular flexibility index (Phi) is 3.46. The van der Waals surface area contributed by atoms with Crippen molar-refractivity contribution < 1.29 is 18.4 Å². The highest BCUT2D eigenvalue weighted by Gasteiger charge is 2.22. The lowest BCUT2D eigenvalue weighted by molar-refractivity contribution is -0.746. The van der Waals surface area contributed by atoms with Crippen molar-refractivity contribution in [1.29, 1.82) is 0 Å². The summed E-state index contributed by atoms with van der Waals surface area (Å²) in [6.45, 7) is 0.0958. The van der Waals surface area contributed by atoms with Crippen molar-refractivity contribution in [2.24, 2.45) is 7.05 Å². The number of hydrogen-bond donors (Lipinski definition) is 1. The van der Waals surface area contributed by atoms with Crippen LogP contribution in [0, 0.1) is 5.82 Å². The first-order valence-electron chi connectivity index (χ1n) is 5.56. The minimum Gasteiger partial charge on any atom is -0.331 e. The molecule has 1 N–H and O–H groups in total. The number of benzene rings is 1. The quantitative estimate of drug-likeness (QED) is 0.807. The van der Waals surface area contributed by atoms with E-state index in [1.165, 1.54) is 33.8 Å². The standard InChI is InChI=1S/C12H12FN3O3/c1-15(7-10-12(18)19-14-16(10)2)11(17)8-3-5-9(13)6-4-8/h3-6H,7H2,1-2H3/p+1. The molecular weight excluding hydrogens is 253 g/mol. The minimum absolute atomic E-state index is 0.0958. The second-order valence-electron chi connectivity index (χ2n) is 4.15. The van der Waals surface area contributed by atoms with Gasteiger partial charge in [-0.3, -0.25) is 9.32 Å². The van der Waals surface area contributed by atoms with E-state index in [1.54, 1.807) is 14.1 Å². The van der Waals surface area contributed by atoms with Crippen molar-refractivity contribution in [3.63, 3.8) is 0 Å². The summed E-state index contributed by atoms with van der Waals surface area (Å²) in [5.74, 6) is -0.711. The number of hydrogen-bond acceptors (Lipinski definition) is 3. The molecule has 0 aliphatic heterocycles. The molecule has 2 aromatic rings. The predicted molar refractivity (Wildman–Crippen MR) is 62.7 cm³/mol. The second-order valence-corrected chi connectivity index (χ2v) is 4.15. The number of aromatic amines is 1. The molecule has 2 rings (SSSR count). The number of aromatic nitrogens is 2. The first kappa shape index (κ1) is 13.0. The SMILES string of the molecule is CN(Cc1c(=O)o[nH][n+]1C)C(=O)c1ccc(F)cc1. The number of carbonyl (C=O) groups excluding carboxylic acids is 1. The van der Waals surface area contributed by atoms with E-state index < -0.39 is 11.4 Å². The molecule has 0 saturated heterocycles. The Labute approximate surface area is 108 Å². The van der Waals surface area contributed by atoms with Crippen LogP contribution >= 0.6 is 0 Å². The average molecular weight is 266 g/mol. The van der Waals surface area contributed by atoms with Gasteiger partial charge in [-0.15, -0.1) is 0 Å². The number of carbonyl (C=O) groups is 1. The molecule has 1 amide bonds. The van der Waals surface area contributed by atoms with E-state index in [0.29, 0.717) is 11.3 Å². The van der Waals surface area contributed by atoms with Crippen molar-refractivity contribution in [2.75, 3.05) is 7.05 Å². The second kappa shape index (κ2) is 5.05. The van der Waals surface area contributed by atoms with Crippen LogP contribution in [0.25, 0.3) is 0 Å². The number of halogens is 1. The number of H-pyrrole nitrogens is 1. The van der Waals surface area contributed by atoms with E-state index in [4.69, 9.17) is 0 Å². The summed E-state index contributed by atoms with van der Waals surface area (Å²) in [5.41, 5.74) is 0.144. The summed E-state index contributed by atoms with van der Waals surface area (Å²) in [6, 6.07) is 5.22. The van der Waals surface area contributed by atoms with Crippen LogP contribution in [0.15, 0.2) is 33.6 Å². The fourth-order valence-corrected chi connectivity index (χ4v) is 1.64. The number of rotatable bonds is 3. The molecule has 0 saturated carbocycles. The van der Waals surface area contributed by atoms with Crippen LogP contribution in [0.2, 0.25) is 0 Å². The Morgan fingerprint density at radius 2 is 2.05 bits per heavy atom. The number of nitrogens with one attached hydrogen (secondary N) is 1. The summed E-state index contributed by atoms with van der Waals surface area (Å²) < 4.78 is 18.8. The Hall–Kier alpha value is -2.44. The lowest BCUT2D eigenvalue weighted by Crippen LogP contribution is -2.40. The van der Waals surface area contributed by atoms with E-state index in [2.05, 4.69) is 9.79 Å². The molecule has 1 aromatic heterocycles. The van der Waals surface area contributed by atoms with Crippen LogP contribution in [0.1, 0.15) is 16.1 Å². The summed E-state index contributed by atoms with van der Waals surface area (Å²) >= 11 is 0. The summed E-state index contributed by atoms with van der Waals surface area (Å²) in [7, 11) is 3.16. The first-order chi connectivity index (χ1) is 8.99. The number of aryl methyl sites for hydroxylation is 1. The maximum absolute atomic E-state index is 12.8. The molecule has 19 heavy (non-hydrogen) atoms. The van der Waals surface area contributed by atoms with E-state index in [0.717, 1.165) is 0 Å². The van der Waals surface area contributed by atoms with E-state index in [-0.39, 0.29) is 12.5 Å². The molecule has 0 unspecified atom stereocenters. The maximum atomic E-state index is 12.8. The fraction of sp³-hybridized carbons (Fsp3) is 0.250. The van der Waals surface area contributed by atoms with Crippen molar-refractivity contribution in [3.05, 3.63) is 51.8 Å². The Balaban J connectivity index is 2.16. The van der Waals surface area contributed by atoms with Crippen LogP contribution < -0.4 is 10.3 Å². The van der Waals surface area contributed by atoms with Gasteiger partial charge < -0.3 is 4.90 Å². The van der Waals surface area contributed by atoms with Gasteiger partial charge in [0.15, 0.2) is 7.05 Å². The van der Waals surface area contributed by atoms with Gasteiger partial charge in [-0.25, -0.2) is 9.18 Å². The van der Waals surface area contributed by atoms with Gasteiger partial charge in [0.05, 0.1) is 0 Å². The third kappa shape index (κ3) is 2.70. The van der Waals surface area contributed by atoms with Gasteiger partial charge in [0, 0.05) is 12.6 Å². The third-order valence-corrected chi connectivity index (χ3v) is 2.74. The minimum atomic E-state index is -0.527. The molecule has 6 nitrogen and oxygen atoms in total. The van der Waals surface area contributed by atoms with Crippen LogP contribution in [0.4, 0.5) is 4.39 Å². The van der Waals surface area contributed by atoms with Gasteiger partial charge >= 0.3 is 11.3 Å². The number of amides is 1. The van der Waals surface area contributed by atoms with Gasteiger partial charge in [-0.05, 0) is 29.5 Å². The van der Waals surface area contributed by atoms with Gasteiger partial charge in [0.25, 0.3) is 5.91 Å². The van der Waals surface area contributed by atoms with E-state index in [1.807, 2.05) is 0 Å². The van der Waals surface area contributed by atoms with Crippen LogP contribution in [0.3, 0.4) is 0 Å². The van der Waals surface area contributed by atoms with Gasteiger partial charge in [-0.2, -0.15) is 0 Å². The highest BCUT2D eigenvalue weighted by molar-refractivity contribution is 5.93. The molecule has 1 heterocycles. The van der Waals surface area contributed by atoms with Gasteiger partial charge in [0.2, 0.25) is 0 Å². The zero-order valence-electron chi connectivity index (χ0n) is 10.5. The van der Waals surface area contributed by atoms with Crippen molar-refractivity contribution in [2.45, 2.75) is 6.54 Å². The molecule has 0 spiro atoms. The summed E-state index contributed by atoms with van der Waals surface area (Å²) in [4.78, 5) is 24.8. The van der Waals surface area contributed by atoms with Crippen LogP contribution in [-0.4, -0.2) is 23.1 Å². The maximum Gasteiger partial charge on any atom is 0.431 e. The number of nitrogens with zero attached hydrogens (tertiary/aromatic N) is 2. The molecule has 0 aliphatic rings.